The lowest BCUT2D eigenvalue weighted by Gasteiger charge is -1.99. The van der Waals surface area contributed by atoms with Crippen molar-refractivity contribution in [2.75, 3.05) is 0 Å². The highest BCUT2D eigenvalue weighted by molar-refractivity contribution is 5.78. The fourth-order valence-corrected chi connectivity index (χ4v) is 1.36. The van der Waals surface area contributed by atoms with E-state index in [0.29, 0.717) is 5.92 Å². The van der Waals surface area contributed by atoms with Gasteiger partial charge in [0, 0.05) is 17.8 Å². The summed E-state index contributed by atoms with van der Waals surface area (Å²) >= 11 is 0. The lowest BCUT2D eigenvalue weighted by Crippen LogP contribution is -1.84. The zero-order valence-corrected chi connectivity index (χ0v) is 7.20. The average molecular weight is 161 g/mol. The molecule has 12 heavy (non-hydrogen) atoms. The maximum atomic E-state index is 4.12. The monoisotopic (exact) mass is 161 g/mol. The van der Waals surface area contributed by atoms with Gasteiger partial charge >= 0.3 is 0 Å². The molecule has 0 amide bonds. The summed E-state index contributed by atoms with van der Waals surface area (Å²) in [5.41, 5.74) is 2.21. The summed E-state index contributed by atoms with van der Waals surface area (Å²) in [7, 11) is 0. The van der Waals surface area contributed by atoms with Crippen LogP contribution in [0.2, 0.25) is 0 Å². The van der Waals surface area contributed by atoms with E-state index in [-0.39, 0.29) is 0 Å². The predicted molar refractivity (Wildman–Crippen MR) is 48.0 cm³/mol. The van der Waals surface area contributed by atoms with E-state index in [1.54, 1.807) is 6.33 Å². The van der Waals surface area contributed by atoms with Crippen LogP contribution in [0.5, 0.6) is 0 Å². The maximum absolute atomic E-state index is 4.12. The molecule has 0 radical (unpaired) electrons. The van der Waals surface area contributed by atoms with Crippen LogP contribution < -0.4 is 0 Å². The molecular weight excluding hydrogens is 150 g/mol. The Hall–Kier alpha value is -1.38. The summed E-state index contributed by atoms with van der Waals surface area (Å²) in [6.45, 7) is 4.32. The molecule has 0 aliphatic carbocycles. The van der Waals surface area contributed by atoms with Gasteiger partial charge in [-0.15, -0.1) is 0 Å². The molecule has 62 valence electrons. The van der Waals surface area contributed by atoms with Crippen LogP contribution in [-0.4, -0.2) is 15.0 Å². The van der Waals surface area contributed by atoms with Crippen LogP contribution in [0.1, 0.15) is 25.3 Å². The van der Waals surface area contributed by atoms with Gasteiger partial charge in [0.05, 0.1) is 0 Å². The summed E-state index contributed by atoms with van der Waals surface area (Å²) in [5.74, 6) is 0.518. The molecule has 2 aromatic rings. The van der Waals surface area contributed by atoms with Gasteiger partial charge in [-0.25, -0.2) is 9.97 Å². The molecule has 3 heteroatoms. The molecule has 0 saturated carbocycles. The smallest absolute Gasteiger partial charge is 0.140 e. The molecule has 0 aliphatic rings. The number of rotatable bonds is 1. The predicted octanol–water partition coefficient (Wildman–Crippen LogP) is 2.08. The minimum atomic E-state index is 0.518. The average Bonchev–Trinajstić information content (AvgIpc) is 2.47. The third kappa shape index (κ3) is 0.978. The van der Waals surface area contributed by atoms with Crippen LogP contribution in [0.3, 0.4) is 0 Å². The fraction of sp³-hybridized carbons (Fsp3) is 0.333. The highest BCUT2D eigenvalue weighted by atomic mass is 14.9. The molecule has 2 rings (SSSR count). The Morgan fingerprint density at radius 2 is 2.25 bits per heavy atom. The number of aromatic amines is 1. The molecule has 0 fully saturated rings. The summed E-state index contributed by atoms with van der Waals surface area (Å²) in [6.07, 6.45) is 5.42. The zero-order chi connectivity index (χ0) is 8.55. The van der Waals surface area contributed by atoms with Crippen LogP contribution >= 0.6 is 0 Å². The second kappa shape index (κ2) is 2.59. The van der Waals surface area contributed by atoms with Crippen molar-refractivity contribution in [3.8, 4) is 0 Å². The Bertz CT molecular complexity index is 389. The summed E-state index contributed by atoms with van der Waals surface area (Å²) in [6, 6.07) is 0. The molecular formula is C9H11N3. The van der Waals surface area contributed by atoms with E-state index in [2.05, 4.69) is 28.8 Å². The Kier molecular flexibility index (Phi) is 1.57. The number of hydrogen-bond donors (Lipinski definition) is 1. The van der Waals surface area contributed by atoms with Crippen molar-refractivity contribution in [3.63, 3.8) is 0 Å². The number of nitrogens with zero attached hydrogens (tertiary/aromatic N) is 2. The normalized spacial score (nSPS) is 11.2. The van der Waals surface area contributed by atoms with E-state index in [1.807, 2.05) is 12.4 Å². The van der Waals surface area contributed by atoms with Gasteiger partial charge in [-0.2, -0.15) is 0 Å². The first-order valence-electron chi connectivity index (χ1n) is 4.06. The molecule has 0 aliphatic heterocycles. The van der Waals surface area contributed by atoms with Crippen molar-refractivity contribution < 1.29 is 0 Å². The fourth-order valence-electron chi connectivity index (χ4n) is 1.36. The highest BCUT2D eigenvalue weighted by Gasteiger charge is 2.06. The van der Waals surface area contributed by atoms with Crippen LogP contribution in [-0.2, 0) is 0 Å². The van der Waals surface area contributed by atoms with Gasteiger partial charge < -0.3 is 4.98 Å². The number of hydrogen-bond acceptors (Lipinski definition) is 2. The van der Waals surface area contributed by atoms with Gasteiger partial charge in [-0.1, -0.05) is 13.8 Å². The molecule has 0 unspecified atom stereocenters. The molecule has 0 saturated heterocycles. The lowest BCUT2D eigenvalue weighted by molar-refractivity contribution is 0.875. The first-order valence-corrected chi connectivity index (χ1v) is 4.06. The van der Waals surface area contributed by atoms with E-state index in [1.165, 1.54) is 5.56 Å². The van der Waals surface area contributed by atoms with Gasteiger partial charge in [-0.05, 0) is 11.5 Å². The summed E-state index contributed by atoms with van der Waals surface area (Å²) in [5, 5.41) is 1.13. The number of nitrogens with one attached hydrogen (secondary N) is 1. The second-order valence-corrected chi connectivity index (χ2v) is 3.18. The first kappa shape index (κ1) is 7.28. The quantitative estimate of drug-likeness (QED) is 0.695. The molecule has 0 spiro atoms. The van der Waals surface area contributed by atoms with Gasteiger partial charge in [0.2, 0.25) is 0 Å². The van der Waals surface area contributed by atoms with Crippen molar-refractivity contribution >= 4 is 11.0 Å². The van der Waals surface area contributed by atoms with Crippen molar-refractivity contribution in [1.29, 1.82) is 0 Å². The third-order valence-corrected chi connectivity index (χ3v) is 2.01. The van der Waals surface area contributed by atoms with E-state index < -0.39 is 0 Å². The molecule has 1 N–H and O–H groups in total. The second-order valence-electron chi connectivity index (χ2n) is 3.18. The number of aromatic nitrogens is 3. The Balaban J connectivity index is 2.70. The molecule has 2 aromatic heterocycles. The molecule has 0 aromatic carbocycles. The van der Waals surface area contributed by atoms with Crippen LogP contribution in [0, 0.1) is 0 Å². The topological polar surface area (TPSA) is 41.6 Å². The first-order chi connectivity index (χ1) is 5.79. The minimum absolute atomic E-state index is 0.518. The van der Waals surface area contributed by atoms with Gasteiger partial charge in [0.1, 0.15) is 12.0 Å². The Morgan fingerprint density at radius 3 is 3.00 bits per heavy atom. The zero-order valence-electron chi connectivity index (χ0n) is 7.20. The number of fused-ring (bicyclic) bond motifs is 1. The summed E-state index contributed by atoms with van der Waals surface area (Å²) in [4.78, 5) is 11.2. The van der Waals surface area contributed by atoms with Gasteiger partial charge in [-0.3, -0.25) is 0 Å². The van der Waals surface area contributed by atoms with Crippen molar-refractivity contribution in [2.45, 2.75) is 19.8 Å². The van der Waals surface area contributed by atoms with Crippen molar-refractivity contribution in [1.82, 2.24) is 15.0 Å². The molecule has 2 heterocycles. The Labute approximate surface area is 70.9 Å². The van der Waals surface area contributed by atoms with Crippen LogP contribution in [0.4, 0.5) is 0 Å². The minimum Gasteiger partial charge on any atom is -0.346 e. The van der Waals surface area contributed by atoms with E-state index in [0.717, 1.165) is 11.0 Å². The number of H-pyrrole nitrogens is 1. The molecule has 0 atom stereocenters. The third-order valence-electron chi connectivity index (χ3n) is 2.01. The largest absolute Gasteiger partial charge is 0.346 e. The molecule has 3 nitrogen and oxygen atoms in total. The van der Waals surface area contributed by atoms with E-state index in [9.17, 15) is 0 Å². The molecule has 0 bridgehead atoms. The highest BCUT2D eigenvalue weighted by Crippen LogP contribution is 2.22. The maximum Gasteiger partial charge on any atom is 0.140 e. The Morgan fingerprint density at radius 1 is 1.42 bits per heavy atom. The standard InChI is InChI=1S/C9H11N3/c1-6(2)7-4-11-9-8(7)3-10-5-12-9/h3-6H,1-2H3,(H,10,11,12). The summed E-state index contributed by atoms with van der Waals surface area (Å²) < 4.78 is 0. The van der Waals surface area contributed by atoms with E-state index in [4.69, 9.17) is 0 Å². The van der Waals surface area contributed by atoms with E-state index >= 15 is 0 Å². The van der Waals surface area contributed by atoms with Crippen molar-refractivity contribution in [3.05, 3.63) is 24.3 Å². The van der Waals surface area contributed by atoms with Crippen molar-refractivity contribution in [2.24, 2.45) is 0 Å². The van der Waals surface area contributed by atoms with Gasteiger partial charge in [0.15, 0.2) is 0 Å². The lowest BCUT2D eigenvalue weighted by atomic mass is 10.1. The van der Waals surface area contributed by atoms with Crippen LogP contribution in [0.15, 0.2) is 18.7 Å². The SMILES string of the molecule is CC(C)c1c[nH]c2ncncc12. The van der Waals surface area contributed by atoms with Crippen LogP contribution in [0.25, 0.3) is 11.0 Å². The van der Waals surface area contributed by atoms with Gasteiger partial charge in [0.25, 0.3) is 0 Å².